The van der Waals surface area contributed by atoms with Crippen LogP contribution in [0, 0.1) is 0 Å². The van der Waals surface area contributed by atoms with Gasteiger partial charge >= 0.3 is 0 Å². The van der Waals surface area contributed by atoms with Gasteiger partial charge in [-0.25, -0.2) is 4.98 Å². The molecule has 0 radical (unpaired) electrons. The zero-order valence-electron chi connectivity index (χ0n) is 18.2. The highest BCUT2D eigenvalue weighted by Crippen LogP contribution is 2.16. The fraction of sp³-hybridized carbons (Fsp3) is 0.348. The molecule has 1 saturated heterocycles. The maximum atomic E-state index is 12.4. The van der Waals surface area contributed by atoms with E-state index in [4.69, 9.17) is 4.74 Å². The first-order chi connectivity index (χ1) is 14.9. The van der Waals surface area contributed by atoms with Crippen molar-refractivity contribution >= 4 is 29.4 Å². The molecule has 1 aromatic heterocycles. The number of aromatic nitrogens is 1. The van der Waals surface area contributed by atoms with Crippen LogP contribution in [-0.4, -0.2) is 68.1 Å². The third kappa shape index (κ3) is 6.55. The molecule has 0 saturated carbocycles. The number of nitrogens with zero attached hydrogens (tertiary/aromatic N) is 3. The standard InChI is InChI=1S/C23H29N5O3/c1-17(25-22(29)11-6-18-4-8-20(31-3)9-5-18)23(30)26-19-7-10-21(24-16-19)28-14-12-27(2)13-15-28/h4-11,16-17H,12-15H2,1-3H3,(H,25,29)(H,26,30)/b11-6+. The van der Waals surface area contributed by atoms with Gasteiger partial charge in [0.25, 0.3) is 0 Å². The minimum Gasteiger partial charge on any atom is -0.497 e. The Kier molecular flexibility index (Phi) is 7.61. The molecule has 164 valence electrons. The summed E-state index contributed by atoms with van der Waals surface area (Å²) in [5.74, 6) is 0.997. The van der Waals surface area contributed by atoms with Crippen molar-refractivity contribution in [1.82, 2.24) is 15.2 Å². The van der Waals surface area contributed by atoms with E-state index in [-0.39, 0.29) is 11.8 Å². The summed E-state index contributed by atoms with van der Waals surface area (Å²) in [5, 5.41) is 5.45. The van der Waals surface area contributed by atoms with E-state index >= 15 is 0 Å². The Morgan fingerprint density at radius 2 is 1.81 bits per heavy atom. The fourth-order valence-corrected chi connectivity index (χ4v) is 3.15. The Balaban J connectivity index is 1.48. The molecule has 0 bridgehead atoms. The number of rotatable bonds is 7. The lowest BCUT2D eigenvalue weighted by Gasteiger charge is -2.33. The van der Waals surface area contributed by atoms with Gasteiger partial charge < -0.3 is 25.2 Å². The summed E-state index contributed by atoms with van der Waals surface area (Å²) >= 11 is 0. The van der Waals surface area contributed by atoms with Crippen molar-refractivity contribution in [3.63, 3.8) is 0 Å². The number of carbonyl (C=O) groups excluding carboxylic acids is 2. The number of anilines is 2. The quantitative estimate of drug-likeness (QED) is 0.663. The molecule has 1 aliphatic rings. The van der Waals surface area contributed by atoms with Crippen molar-refractivity contribution in [3.8, 4) is 5.75 Å². The zero-order chi connectivity index (χ0) is 22.2. The van der Waals surface area contributed by atoms with Crippen LogP contribution in [0.4, 0.5) is 11.5 Å². The molecule has 2 heterocycles. The van der Waals surface area contributed by atoms with Crippen LogP contribution < -0.4 is 20.3 Å². The number of carbonyl (C=O) groups is 2. The number of likely N-dealkylation sites (N-methyl/N-ethyl adjacent to an activating group) is 1. The first kappa shape index (κ1) is 22.3. The Bertz CT molecular complexity index is 904. The van der Waals surface area contributed by atoms with Crippen molar-refractivity contribution < 1.29 is 14.3 Å². The summed E-state index contributed by atoms with van der Waals surface area (Å²) in [4.78, 5) is 33.5. The first-order valence-electron chi connectivity index (χ1n) is 10.3. The van der Waals surface area contributed by atoms with Crippen molar-refractivity contribution in [2.24, 2.45) is 0 Å². The number of ether oxygens (including phenoxy) is 1. The molecule has 2 aromatic rings. The molecule has 3 rings (SSSR count). The predicted octanol–water partition coefficient (Wildman–Crippen LogP) is 2.00. The number of methoxy groups -OCH3 is 1. The van der Waals surface area contributed by atoms with Crippen LogP contribution in [0.5, 0.6) is 5.75 Å². The minimum absolute atomic E-state index is 0.305. The Labute approximate surface area is 182 Å². The van der Waals surface area contributed by atoms with Crippen molar-refractivity contribution in [1.29, 1.82) is 0 Å². The summed E-state index contributed by atoms with van der Waals surface area (Å²) in [6.07, 6.45) is 4.72. The molecule has 2 N–H and O–H groups in total. The Morgan fingerprint density at radius 1 is 1.10 bits per heavy atom. The predicted molar refractivity (Wildman–Crippen MR) is 122 cm³/mol. The van der Waals surface area contributed by atoms with Gasteiger partial charge in [-0.3, -0.25) is 9.59 Å². The lowest BCUT2D eigenvalue weighted by atomic mass is 10.2. The van der Waals surface area contributed by atoms with E-state index in [9.17, 15) is 9.59 Å². The topological polar surface area (TPSA) is 86.8 Å². The highest BCUT2D eigenvalue weighted by Gasteiger charge is 2.17. The number of hydrogen-bond donors (Lipinski definition) is 2. The lowest BCUT2D eigenvalue weighted by Crippen LogP contribution is -2.44. The third-order valence-electron chi connectivity index (χ3n) is 5.14. The van der Waals surface area contributed by atoms with Crippen LogP contribution in [0.15, 0.2) is 48.7 Å². The molecule has 8 heteroatoms. The number of amides is 2. The maximum Gasteiger partial charge on any atom is 0.246 e. The number of pyridine rings is 1. The summed E-state index contributed by atoms with van der Waals surface area (Å²) in [5.41, 5.74) is 1.46. The molecular weight excluding hydrogens is 394 g/mol. The van der Waals surface area contributed by atoms with Crippen molar-refractivity contribution in [2.45, 2.75) is 13.0 Å². The molecule has 1 unspecified atom stereocenters. The summed E-state index contributed by atoms with van der Waals surface area (Å²) in [6, 6.07) is 10.4. The number of hydrogen-bond acceptors (Lipinski definition) is 6. The molecule has 8 nitrogen and oxygen atoms in total. The molecule has 0 aliphatic carbocycles. The zero-order valence-corrected chi connectivity index (χ0v) is 18.2. The summed E-state index contributed by atoms with van der Waals surface area (Å²) in [6.45, 7) is 5.51. The molecule has 2 amide bonds. The Morgan fingerprint density at radius 3 is 2.42 bits per heavy atom. The average molecular weight is 424 g/mol. The van der Waals surface area contributed by atoms with Crippen LogP contribution in [0.1, 0.15) is 12.5 Å². The van der Waals surface area contributed by atoms with Crippen LogP contribution in [0.25, 0.3) is 6.08 Å². The minimum atomic E-state index is -0.690. The smallest absolute Gasteiger partial charge is 0.246 e. The largest absolute Gasteiger partial charge is 0.497 e. The second-order valence-corrected chi connectivity index (χ2v) is 7.52. The van der Waals surface area contributed by atoms with E-state index in [0.29, 0.717) is 5.69 Å². The number of piperazine rings is 1. The van der Waals surface area contributed by atoms with Gasteiger partial charge in [-0.15, -0.1) is 0 Å². The Hall–Kier alpha value is -3.39. The van der Waals surface area contributed by atoms with E-state index in [1.807, 2.05) is 36.4 Å². The van der Waals surface area contributed by atoms with E-state index < -0.39 is 6.04 Å². The van der Waals surface area contributed by atoms with Gasteiger partial charge in [-0.05, 0) is 49.9 Å². The SMILES string of the molecule is COc1ccc(/C=C/C(=O)NC(C)C(=O)Nc2ccc(N3CCN(C)CC3)nc2)cc1. The van der Waals surface area contributed by atoms with Crippen molar-refractivity contribution in [2.75, 3.05) is 50.6 Å². The molecule has 1 aromatic carbocycles. The van der Waals surface area contributed by atoms with Crippen LogP contribution in [-0.2, 0) is 9.59 Å². The van der Waals surface area contributed by atoms with Crippen LogP contribution >= 0.6 is 0 Å². The van der Waals surface area contributed by atoms with Crippen LogP contribution in [0.2, 0.25) is 0 Å². The monoisotopic (exact) mass is 423 g/mol. The van der Waals surface area contributed by atoms with Gasteiger partial charge in [-0.2, -0.15) is 0 Å². The van der Waals surface area contributed by atoms with Gasteiger partial charge in [0.15, 0.2) is 0 Å². The molecular formula is C23H29N5O3. The van der Waals surface area contributed by atoms with Gasteiger partial charge in [0.1, 0.15) is 17.6 Å². The van der Waals surface area contributed by atoms with E-state index in [0.717, 1.165) is 43.3 Å². The van der Waals surface area contributed by atoms with E-state index in [1.54, 1.807) is 26.3 Å². The molecule has 0 spiro atoms. The lowest BCUT2D eigenvalue weighted by molar-refractivity contribution is -0.123. The molecule has 31 heavy (non-hydrogen) atoms. The van der Waals surface area contributed by atoms with E-state index in [2.05, 4.69) is 32.5 Å². The van der Waals surface area contributed by atoms with Gasteiger partial charge in [0.05, 0.1) is 19.0 Å². The molecule has 1 fully saturated rings. The number of nitrogens with one attached hydrogen (secondary N) is 2. The number of benzene rings is 1. The third-order valence-corrected chi connectivity index (χ3v) is 5.14. The second kappa shape index (κ2) is 10.6. The summed E-state index contributed by atoms with van der Waals surface area (Å²) in [7, 11) is 3.71. The van der Waals surface area contributed by atoms with Crippen LogP contribution in [0.3, 0.4) is 0 Å². The average Bonchev–Trinajstić information content (AvgIpc) is 2.79. The summed E-state index contributed by atoms with van der Waals surface area (Å²) < 4.78 is 5.11. The van der Waals surface area contributed by atoms with Crippen molar-refractivity contribution in [3.05, 3.63) is 54.2 Å². The fourth-order valence-electron chi connectivity index (χ4n) is 3.15. The van der Waals surface area contributed by atoms with Gasteiger partial charge in [0, 0.05) is 32.3 Å². The highest BCUT2D eigenvalue weighted by atomic mass is 16.5. The van der Waals surface area contributed by atoms with E-state index in [1.165, 1.54) is 6.08 Å². The van der Waals surface area contributed by atoms with Gasteiger partial charge in [-0.1, -0.05) is 12.1 Å². The molecule has 1 aliphatic heterocycles. The first-order valence-corrected chi connectivity index (χ1v) is 10.3. The maximum absolute atomic E-state index is 12.4. The van der Waals surface area contributed by atoms with Gasteiger partial charge in [0.2, 0.25) is 11.8 Å². The highest BCUT2D eigenvalue weighted by molar-refractivity contribution is 5.99. The normalized spacial score (nSPS) is 15.5. The second-order valence-electron chi connectivity index (χ2n) is 7.52. The molecule has 1 atom stereocenters.